The van der Waals surface area contributed by atoms with Crippen LogP contribution in [0.4, 0.5) is 5.82 Å². The van der Waals surface area contributed by atoms with Gasteiger partial charge in [-0.25, -0.2) is 9.97 Å². The van der Waals surface area contributed by atoms with E-state index >= 15 is 0 Å². The third-order valence-corrected chi connectivity index (χ3v) is 6.14. The molecule has 164 valence electrons. The van der Waals surface area contributed by atoms with Crippen LogP contribution in [0.2, 0.25) is 0 Å². The molecule has 0 spiro atoms. The molecule has 1 N–H and O–H groups in total. The monoisotopic (exact) mass is 437 g/mol. The SMILES string of the molecule is Cc1ccc2c(N3CCN(n4nnc5ccccc54)CC3)nc(-c3ccccc3O)nc2c1. The smallest absolute Gasteiger partial charge is 0.165 e. The minimum Gasteiger partial charge on any atom is -0.507 e. The summed E-state index contributed by atoms with van der Waals surface area (Å²) in [4.78, 5) is 13.9. The lowest BCUT2D eigenvalue weighted by Gasteiger charge is -2.36. The van der Waals surface area contributed by atoms with E-state index in [2.05, 4.69) is 45.3 Å². The Hall–Kier alpha value is -4.20. The Morgan fingerprint density at radius 3 is 2.45 bits per heavy atom. The molecular weight excluding hydrogens is 414 g/mol. The average Bonchev–Trinajstić information content (AvgIpc) is 3.28. The maximum absolute atomic E-state index is 10.4. The first kappa shape index (κ1) is 19.5. The van der Waals surface area contributed by atoms with Crippen LogP contribution in [0.15, 0.2) is 66.7 Å². The largest absolute Gasteiger partial charge is 0.507 e. The maximum atomic E-state index is 10.4. The molecule has 6 rings (SSSR count). The Balaban J connectivity index is 1.36. The summed E-state index contributed by atoms with van der Waals surface area (Å²) in [6.07, 6.45) is 0. The van der Waals surface area contributed by atoms with Gasteiger partial charge in [-0.15, -0.1) is 5.10 Å². The molecule has 2 aromatic heterocycles. The summed E-state index contributed by atoms with van der Waals surface area (Å²) in [5.74, 6) is 1.60. The molecule has 3 heterocycles. The summed E-state index contributed by atoms with van der Waals surface area (Å²) in [5, 5.41) is 22.3. The number of aromatic hydroxyl groups is 1. The van der Waals surface area contributed by atoms with Gasteiger partial charge in [0, 0.05) is 18.5 Å². The van der Waals surface area contributed by atoms with Gasteiger partial charge in [-0.3, -0.25) is 5.01 Å². The Kier molecular flexibility index (Phi) is 4.57. The Bertz CT molecular complexity index is 1470. The number of nitrogens with zero attached hydrogens (tertiary/aromatic N) is 7. The van der Waals surface area contributed by atoms with Crippen LogP contribution in [0.3, 0.4) is 0 Å². The molecule has 0 unspecified atom stereocenters. The third kappa shape index (κ3) is 3.40. The molecule has 0 saturated carbocycles. The van der Waals surface area contributed by atoms with Crippen molar-refractivity contribution in [1.29, 1.82) is 0 Å². The van der Waals surface area contributed by atoms with Crippen LogP contribution in [0.5, 0.6) is 5.75 Å². The first-order valence-electron chi connectivity index (χ1n) is 11.0. The predicted molar refractivity (Wildman–Crippen MR) is 129 cm³/mol. The molecule has 1 aliphatic heterocycles. The van der Waals surface area contributed by atoms with Crippen molar-refractivity contribution in [3.63, 3.8) is 0 Å². The van der Waals surface area contributed by atoms with Gasteiger partial charge in [0.05, 0.1) is 24.2 Å². The van der Waals surface area contributed by atoms with Crippen LogP contribution in [0.1, 0.15) is 5.56 Å². The highest BCUT2D eigenvalue weighted by atomic mass is 16.3. The van der Waals surface area contributed by atoms with Crippen molar-refractivity contribution in [2.75, 3.05) is 36.1 Å². The van der Waals surface area contributed by atoms with Gasteiger partial charge in [0.15, 0.2) is 5.82 Å². The van der Waals surface area contributed by atoms with E-state index < -0.39 is 0 Å². The van der Waals surface area contributed by atoms with Crippen molar-refractivity contribution >= 4 is 27.8 Å². The zero-order valence-electron chi connectivity index (χ0n) is 18.3. The number of phenolic OH excluding ortho intramolecular Hbond substituents is 1. The van der Waals surface area contributed by atoms with Crippen LogP contribution in [0.25, 0.3) is 33.3 Å². The van der Waals surface area contributed by atoms with E-state index in [1.165, 1.54) is 0 Å². The number of phenols is 1. The average molecular weight is 438 g/mol. The molecule has 8 heteroatoms. The lowest BCUT2D eigenvalue weighted by atomic mass is 10.1. The summed E-state index contributed by atoms with van der Waals surface area (Å²) in [5.41, 5.74) is 4.55. The molecule has 0 bridgehead atoms. The Morgan fingerprint density at radius 1 is 0.818 bits per heavy atom. The van der Waals surface area contributed by atoms with Crippen molar-refractivity contribution in [1.82, 2.24) is 25.1 Å². The summed E-state index contributed by atoms with van der Waals surface area (Å²) in [6.45, 7) is 5.21. The number of fused-ring (bicyclic) bond motifs is 2. The van der Waals surface area contributed by atoms with E-state index in [0.29, 0.717) is 11.4 Å². The van der Waals surface area contributed by atoms with Crippen LogP contribution < -0.4 is 9.91 Å². The van der Waals surface area contributed by atoms with Gasteiger partial charge in [-0.2, -0.15) is 4.79 Å². The number of para-hydroxylation sites is 2. The number of hydrogen-bond acceptors (Lipinski definition) is 7. The molecule has 1 fully saturated rings. The summed E-state index contributed by atoms with van der Waals surface area (Å²) < 4.78 is 0. The third-order valence-electron chi connectivity index (χ3n) is 6.14. The van der Waals surface area contributed by atoms with Crippen LogP contribution in [-0.4, -0.2) is 56.4 Å². The van der Waals surface area contributed by atoms with E-state index in [-0.39, 0.29) is 5.75 Å². The Morgan fingerprint density at radius 2 is 1.61 bits per heavy atom. The van der Waals surface area contributed by atoms with Crippen LogP contribution >= 0.6 is 0 Å². The maximum Gasteiger partial charge on any atom is 0.165 e. The molecule has 1 aliphatic rings. The fraction of sp³-hybridized carbons (Fsp3) is 0.200. The molecule has 1 saturated heterocycles. The molecule has 33 heavy (non-hydrogen) atoms. The molecule has 5 aromatic rings. The first-order chi connectivity index (χ1) is 16.2. The normalized spacial score (nSPS) is 14.3. The Labute approximate surface area is 190 Å². The number of benzene rings is 3. The molecule has 8 nitrogen and oxygen atoms in total. The van der Waals surface area contributed by atoms with Gasteiger partial charge in [-0.1, -0.05) is 30.3 Å². The number of rotatable bonds is 3. The second-order valence-corrected chi connectivity index (χ2v) is 8.32. The molecule has 0 atom stereocenters. The highest BCUT2D eigenvalue weighted by Crippen LogP contribution is 2.32. The van der Waals surface area contributed by atoms with Gasteiger partial charge in [0.25, 0.3) is 0 Å². The van der Waals surface area contributed by atoms with Gasteiger partial charge >= 0.3 is 0 Å². The summed E-state index contributed by atoms with van der Waals surface area (Å²) in [7, 11) is 0. The van der Waals surface area contributed by atoms with Gasteiger partial charge in [0.2, 0.25) is 0 Å². The fourth-order valence-electron chi connectivity index (χ4n) is 4.41. The zero-order valence-corrected chi connectivity index (χ0v) is 18.3. The van der Waals surface area contributed by atoms with Crippen molar-refractivity contribution < 1.29 is 5.11 Å². The molecule has 0 aliphatic carbocycles. The minimum atomic E-state index is 0.179. The number of piperazine rings is 1. The number of aromatic nitrogens is 5. The van der Waals surface area contributed by atoms with Crippen molar-refractivity contribution in [2.24, 2.45) is 0 Å². The lowest BCUT2D eigenvalue weighted by Crippen LogP contribution is -2.52. The number of aryl methyl sites for hydroxylation is 1. The second kappa shape index (κ2) is 7.74. The summed E-state index contributed by atoms with van der Waals surface area (Å²) >= 11 is 0. The predicted octanol–water partition coefficient (Wildman–Crippen LogP) is 3.51. The first-order valence-corrected chi connectivity index (χ1v) is 11.0. The van der Waals surface area contributed by atoms with E-state index in [1.807, 2.05) is 41.2 Å². The highest BCUT2D eigenvalue weighted by molar-refractivity contribution is 5.92. The van der Waals surface area contributed by atoms with E-state index in [4.69, 9.17) is 9.97 Å². The van der Waals surface area contributed by atoms with Crippen molar-refractivity contribution in [2.45, 2.75) is 6.92 Å². The van der Waals surface area contributed by atoms with E-state index in [9.17, 15) is 5.11 Å². The van der Waals surface area contributed by atoms with Gasteiger partial charge in [0.1, 0.15) is 22.6 Å². The molecule has 3 aromatic carbocycles. The molecular formula is C25H23N7O. The quantitative estimate of drug-likeness (QED) is 0.462. The van der Waals surface area contributed by atoms with Gasteiger partial charge < -0.3 is 10.0 Å². The lowest BCUT2D eigenvalue weighted by molar-refractivity contribution is 0.477. The number of hydrogen-bond donors (Lipinski definition) is 1. The van der Waals surface area contributed by atoms with E-state index in [0.717, 1.165) is 59.5 Å². The number of anilines is 1. The molecule has 0 amide bonds. The van der Waals surface area contributed by atoms with Crippen LogP contribution in [-0.2, 0) is 0 Å². The minimum absolute atomic E-state index is 0.179. The van der Waals surface area contributed by atoms with Crippen molar-refractivity contribution in [3.05, 3.63) is 72.3 Å². The highest BCUT2D eigenvalue weighted by Gasteiger charge is 2.23. The zero-order chi connectivity index (χ0) is 22.4. The van der Waals surface area contributed by atoms with Crippen LogP contribution in [0, 0.1) is 6.92 Å². The van der Waals surface area contributed by atoms with Crippen molar-refractivity contribution in [3.8, 4) is 17.1 Å². The standard InChI is InChI=1S/C25H23N7O/c1-17-10-11-18-21(16-17)26-24(19-6-2-5-9-23(19)33)27-25(18)30-12-14-31(15-13-30)32-22-8-4-3-7-20(22)28-29-32/h2-11,16,33H,12-15H2,1H3. The summed E-state index contributed by atoms with van der Waals surface area (Å²) in [6, 6.07) is 21.5. The topological polar surface area (TPSA) is 83.2 Å². The van der Waals surface area contributed by atoms with E-state index in [1.54, 1.807) is 12.1 Å². The molecule has 0 radical (unpaired) electrons. The fourth-order valence-corrected chi connectivity index (χ4v) is 4.41. The van der Waals surface area contributed by atoms with Gasteiger partial charge in [-0.05, 0) is 54.1 Å². The second-order valence-electron chi connectivity index (χ2n) is 8.32.